The number of fused-ring (bicyclic) bond motifs is 1. The highest BCUT2D eigenvalue weighted by atomic mass is 35.5. The first-order chi connectivity index (χ1) is 18.1. The standard InChI is InChI=1S/C25H27Cl2N3O8/c26-12-7-13(27)9-15(8-12)38-19-11-21(32)29(25(19)36)5-6-37-14-1-2-16-17(10-14)24(35)30(23(16)34)18-3-4-20(31)28-22(18)33/h1-2,7-11,16-18,20-22,25,28,31-33,36H,3-6H2. The van der Waals surface area contributed by atoms with Gasteiger partial charge < -0.3 is 29.9 Å². The number of halogens is 2. The maximum absolute atomic E-state index is 13.1. The lowest BCUT2D eigenvalue weighted by molar-refractivity contribution is -0.149. The Morgan fingerprint density at radius 3 is 2.39 bits per heavy atom. The van der Waals surface area contributed by atoms with Gasteiger partial charge >= 0.3 is 0 Å². The van der Waals surface area contributed by atoms with Crippen LogP contribution in [0.25, 0.3) is 0 Å². The normalized spacial score (nSPS) is 33.3. The zero-order valence-corrected chi connectivity index (χ0v) is 21.5. The molecule has 3 heterocycles. The van der Waals surface area contributed by atoms with Gasteiger partial charge in [0.05, 0.1) is 17.9 Å². The Balaban J connectivity index is 1.17. The monoisotopic (exact) mass is 567 g/mol. The molecule has 5 rings (SSSR count). The number of nitrogens with zero attached hydrogens (tertiary/aromatic N) is 2. The second kappa shape index (κ2) is 10.9. The summed E-state index contributed by atoms with van der Waals surface area (Å²) in [6.07, 6.45) is 2.22. The van der Waals surface area contributed by atoms with Crippen LogP contribution < -0.4 is 10.1 Å². The van der Waals surface area contributed by atoms with E-state index in [1.165, 1.54) is 23.1 Å². The molecule has 2 fully saturated rings. The number of carbonyl (C=O) groups excluding carboxylic acids is 2. The van der Waals surface area contributed by atoms with Crippen LogP contribution >= 0.6 is 23.2 Å². The number of hydrogen-bond acceptors (Lipinski definition) is 10. The molecule has 2 amide bonds. The largest absolute Gasteiger partial charge is 0.493 e. The zero-order chi connectivity index (χ0) is 27.1. The molecule has 0 saturated carbocycles. The van der Waals surface area contributed by atoms with E-state index in [-0.39, 0.29) is 25.3 Å². The number of imide groups is 1. The van der Waals surface area contributed by atoms with Gasteiger partial charge in [-0.15, -0.1) is 0 Å². The third-order valence-corrected chi connectivity index (χ3v) is 7.39. The summed E-state index contributed by atoms with van der Waals surface area (Å²) in [4.78, 5) is 28.4. The number of rotatable bonds is 7. The van der Waals surface area contributed by atoms with Crippen LogP contribution in [0, 0.1) is 11.8 Å². The number of allylic oxidation sites excluding steroid dienone is 1. The van der Waals surface area contributed by atoms with Crippen molar-refractivity contribution in [3.8, 4) is 5.75 Å². The number of ether oxygens (including phenoxy) is 2. The van der Waals surface area contributed by atoms with Crippen LogP contribution in [0.1, 0.15) is 12.8 Å². The van der Waals surface area contributed by atoms with E-state index in [9.17, 15) is 30.0 Å². The van der Waals surface area contributed by atoms with E-state index in [0.29, 0.717) is 28.0 Å². The van der Waals surface area contributed by atoms with Crippen LogP contribution in [0.4, 0.5) is 0 Å². The second-order valence-corrected chi connectivity index (χ2v) is 10.3. The van der Waals surface area contributed by atoms with Crippen molar-refractivity contribution in [1.29, 1.82) is 0 Å². The van der Waals surface area contributed by atoms with Crippen LogP contribution in [0.3, 0.4) is 0 Å². The van der Waals surface area contributed by atoms with Gasteiger partial charge in [0.25, 0.3) is 0 Å². The number of benzene rings is 1. The fraction of sp³-hybridized carbons (Fsp3) is 0.440. The molecular weight excluding hydrogens is 541 g/mol. The maximum atomic E-state index is 13.1. The lowest BCUT2D eigenvalue weighted by Gasteiger charge is -2.36. The molecule has 0 aromatic heterocycles. The van der Waals surface area contributed by atoms with Crippen molar-refractivity contribution in [1.82, 2.24) is 15.1 Å². The number of aliphatic hydroxyl groups excluding tert-OH is 4. The van der Waals surface area contributed by atoms with E-state index in [1.807, 2.05) is 0 Å². The van der Waals surface area contributed by atoms with Gasteiger partial charge in [-0.1, -0.05) is 29.3 Å². The number of hydrogen-bond donors (Lipinski definition) is 5. The van der Waals surface area contributed by atoms with Crippen molar-refractivity contribution < 1.29 is 39.5 Å². The van der Waals surface area contributed by atoms with E-state index >= 15 is 0 Å². The highest BCUT2D eigenvalue weighted by molar-refractivity contribution is 6.34. The zero-order valence-electron chi connectivity index (χ0n) is 20.0. The minimum absolute atomic E-state index is 0.0563. The number of piperidine rings is 1. The van der Waals surface area contributed by atoms with Crippen molar-refractivity contribution in [2.24, 2.45) is 11.8 Å². The van der Waals surface area contributed by atoms with Crippen LogP contribution in [-0.4, -0.2) is 86.1 Å². The smallest absolute Gasteiger partial charge is 0.237 e. The molecule has 0 radical (unpaired) electrons. The van der Waals surface area contributed by atoms with Gasteiger partial charge in [-0.3, -0.25) is 19.8 Å². The van der Waals surface area contributed by atoms with Crippen LogP contribution in [-0.2, 0) is 14.3 Å². The lowest BCUT2D eigenvalue weighted by atomic mass is 9.90. The van der Waals surface area contributed by atoms with Gasteiger partial charge in [0.1, 0.15) is 42.6 Å². The fourth-order valence-corrected chi connectivity index (χ4v) is 5.59. The lowest BCUT2D eigenvalue weighted by Crippen LogP contribution is -2.58. The molecule has 11 nitrogen and oxygen atoms in total. The van der Waals surface area contributed by atoms with Crippen LogP contribution in [0.5, 0.6) is 5.75 Å². The van der Waals surface area contributed by atoms with E-state index in [4.69, 9.17) is 32.7 Å². The third-order valence-electron chi connectivity index (χ3n) is 6.95. The second-order valence-electron chi connectivity index (χ2n) is 9.45. The summed E-state index contributed by atoms with van der Waals surface area (Å²) in [6.45, 7) is 0.170. The molecule has 7 unspecified atom stereocenters. The summed E-state index contributed by atoms with van der Waals surface area (Å²) in [5, 5.41) is 44.2. The maximum Gasteiger partial charge on any atom is 0.237 e. The van der Waals surface area contributed by atoms with Crippen molar-refractivity contribution in [3.05, 3.63) is 64.1 Å². The quantitative estimate of drug-likeness (QED) is 0.297. The number of aliphatic hydroxyl groups is 4. The Bertz CT molecular complexity index is 1190. The molecular formula is C25H27Cl2N3O8. The van der Waals surface area contributed by atoms with E-state index in [0.717, 1.165) is 4.90 Å². The van der Waals surface area contributed by atoms with Gasteiger partial charge in [-0.25, -0.2) is 4.90 Å². The first-order valence-electron chi connectivity index (χ1n) is 12.1. The highest BCUT2D eigenvalue weighted by Gasteiger charge is 2.51. The summed E-state index contributed by atoms with van der Waals surface area (Å²) >= 11 is 12.0. The predicted octanol–water partition coefficient (Wildman–Crippen LogP) is 0.669. The minimum atomic E-state index is -1.25. The Hall–Kier alpha value is -2.48. The molecule has 0 spiro atoms. The molecule has 3 aliphatic heterocycles. The van der Waals surface area contributed by atoms with Crippen LogP contribution in [0.15, 0.2) is 54.0 Å². The SMILES string of the molecule is O=C1C2C=CC(OCCN3C(O)C=C(Oc4cc(Cl)cc(Cl)c4)C3O)=CC2C(=O)N1C1CCC(O)NC1O. The van der Waals surface area contributed by atoms with E-state index in [2.05, 4.69) is 5.32 Å². The van der Waals surface area contributed by atoms with Crippen LogP contribution in [0.2, 0.25) is 10.0 Å². The molecule has 5 N–H and O–H groups in total. The Morgan fingerprint density at radius 1 is 0.974 bits per heavy atom. The molecule has 204 valence electrons. The molecule has 1 aromatic rings. The number of amides is 2. The average Bonchev–Trinajstić information content (AvgIpc) is 3.25. The summed E-state index contributed by atoms with van der Waals surface area (Å²) in [5.74, 6) is -1.52. The first kappa shape index (κ1) is 27.1. The molecule has 7 atom stereocenters. The number of likely N-dealkylation sites (tertiary alicyclic amines) is 1. The van der Waals surface area contributed by atoms with Gasteiger partial charge in [-0.05, 0) is 43.2 Å². The molecule has 13 heteroatoms. The highest BCUT2D eigenvalue weighted by Crippen LogP contribution is 2.36. The van der Waals surface area contributed by atoms with Gasteiger partial charge in [0.15, 0.2) is 6.23 Å². The summed E-state index contributed by atoms with van der Waals surface area (Å²) in [6, 6.07) is 3.83. The number of carbonyl (C=O) groups is 2. The van der Waals surface area contributed by atoms with Crippen molar-refractivity contribution in [3.63, 3.8) is 0 Å². The fourth-order valence-electron chi connectivity index (χ4n) is 5.09. The van der Waals surface area contributed by atoms with Crippen molar-refractivity contribution in [2.45, 2.75) is 43.8 Å². The predicted molar refractivity (Wildman–Crippen MR) is 134 cm³/mol. The summed E-state index contributed by atoms with van der Waals surface area (Å²) in [7, 11) is 0. The average molecular weight is 568 g/mol. The van der Waals surface area contributed by atoms with Gasteiger partial charge in [0.2, 0.25) is 11.8 Å². The van der Waals surface area contributed by atoms with Gasteiger partial charge in [-0.2, -0.15) is 0 Å². The third kappa shape index (κ3) is 5.33. The minimum Gasteiger partial charge on any atom is -0.493 e. The van der Waals surface area contributed by atoms with Gasteiger partial charge in [0, 0.05) is 22.7 Å². The molecule has 1 aliphatic carbocycles. The van der Waals surface area contributed by atoms with Crippen molar-refractivity contribution in [2.75, 3.05) is 13.2 Å². The topological polar surface area (TPSA) is 152 Å². The molecule has 38 heavy (non-hydrogen) atoms. The molecule has 0 bridgehead atoms. The summed E-state index contributed by atoms with van der Waals surface area (Å²) < 4.78 is 11.4. The van der Waals surface area contributed by atoms with E-state index < -0.39 is 54.6 Å². The first-order valence-corrected chi connectivity index (χ1v) is 12.9. The van der Waals surface area contributed by atoms with E-state index in [1.54, 1.807) is 24.3 Å². The molecule has 4 aliphatic rings. The molecule has 1 aromatic carbocycles. The Morgan fingerprint density at radius 2 is 1.68 bits per heavy atom. The number of nitrogens with one attached hydrogen (secondary N) is 1. The summed E-state index contributed by atoms with van der Waals surface area (Å²) in [5.41, 5.74) is 0. The Labute approximate surface area is 228 Å². The van der Waals surface area contributed by atoms with Crippen molar-refractivity contribution >= 4 is 35.0 Å². The Kier molecular flexibility index (Phi) is 7.81. The molecule has 2 saturated heterocycles.